The van der Waals surface area contributed by atoms with Crippen LogP contribution in [0.5, 0.6) is 11.5 Å². The van der Waals surface area contributed by atoms with E-state index in [1.54, 1.807) is 14.2 Å². The molecule has 0 spiro atoms. The van der Waals surface area contributed by atoms with Crippen LogP contribution in [0.25, 0.3) is 0 Å². The number of guanidine groups is 1. The monoisotopic (exact) mass is 327 g/mol. The molecule has 2 N–H and O–H groups in total. The van der Waals surface area contributed by atoms with Crippen LogP contribution in [0.1, 0.15) is 18.1 Å². The molecule has 2 aromatic carbocycles. The zero-order valence-corrected chi connectivity index (χ0v) is 14.5. The normalized spacial score (nSPS) is 11.0. The second-order valence-corrected chi connectivity index (χ2v) is 5.21. The van der Waals surface area contributed by atoms with Crippen molar-refractivity contribution in [1.82, 2.24) is 10.6 Å². The van der Waals surface area contributed by atoms with Crippen molar-refractivity contribution in [3.8, 4) is 11.5 Å². The Bertz CT molecular complexity index is 657. The first kappa shape index (κ1) is 17.7. The second-order valence-electron chi connectivity index (χ2n) is 5.21. The van der Waals surface area contributed by atoms with Crippen LogP contribution in [0, 0.1) is 0 Å². The van der Waals surface area contributed by atoms with E-state index >= 15 is 0 Å². The Hall–Kier alpha value is -2.69. The maximum atomic E-state index is 5.43. The van der Waals surface area contributed by atoms with Gasteiger partial charge in [0.05, 0.1) is 20.8 Å². The van der Waals surface area contributed by atoms with Gasteiger partial charge in [0.15, 0.2) is 5.96 Å². The average molecular weight is 327 g/mol. The molecular weight excluding hydrogens is 302 g/mol. The van der Waals surface area contributed by atoms with E-state index < -0.39 is 0 Å². The minimum atomic E-state index is 0.619. The summed E-state index contributed by atoms with van der Waals surface area (Å²) in [5.41, 5.74) is 2.22. The van der Waals surface area contributed by atoms with E-state index in [1.807, 2.05) is 43.3 Å². The summed E-state index contributed by atoms with van der Waals surface area (Å²) in [6.07, 6.45) is 0. The first-order valence-corrected chi connectivity index (χ1v) is 8.03. The maximum absolute atomic E-state index is 5.43. The third-order valence-electron chi connectivity index (χ3n) is 3.55. The molecule has 0 aromatic heterocycles. The Morgan fingerprint density at radius 3 is 2.46 bits per heavy atom. The SMILES string of the molecule is CCNC(=NCc1ccccc1)NCc1ccc(OC)cc1OC. The van der Waals surface area contributed by atoms with Crippen molar-refractivity contribution >= 4 is 5.96 Å². The molecule has 2 aromatic rings. The molecule has 0 aliphatic heterocycles. The number of hydrogen-bond acceptors (Lipinski definition) is 3. The quantitative estimate of drug-likeness (QED) is 0.606. The molecule has 5 nitrogen and oxygen atoms in total. The number of ether oxygens (including phenoxy) is 2. The fraction of sp³-hybridized carbons (Fsp3) is 0.316. The summed E-state index contributed by atoms with van der Waals surface area (Å²) < 4.78 is 10.7. The lowest BCUT2D eigenvalue weighted by molar-refractivity contribution is 0.390. The molecule has 0 unspecified atom stereocenters. The standard InChI is InChI=1S/C19H25N3O2/c1-4-20-19(21-13-15-8-6-5-7-9-15)22-14-16-10-11-17(23-2)12-18(16)24-3/h5-12H,4,13-14H2,1-3H3,(H2,20,21,22). The number of hydrogen-bond donors (Lipinski definition) is 2. The summed E-state index contributed by atoms with van der Waals surface area (Å²) in [6.45, 7) is 4.11. The van der Waals surface area contributed by atoms with Gasteiger partial charge in [0, 0.05) is 24.7 Å². The van der Waals surface area contributed by atoms with E-state index in [2.05, 4.69) is 27.8 Å². The predicted octanol–water partition coefficient (Wildman–Crippen LogP) is 2.96. The van der Waals surface area contributed by atoms with Gasteiger partial charge in [-0.05, 0) is 24.6 Å². The van der Waals surface area contributed by atoms with Gasteiger partial charge in [-0.2, -0.15) is 0 Å². The van der Waals surface area contributed by atoms with E-state index in [0.29, 0.717) is 13.1 Å². The molecule has 0 bridgehead atoms. The minimum Gasteiger partial charge on any atom is -0.497 e. The van der Waals surface area contributed by atoms with Gasteiger partial charge >= 0.3 is 0 Å². The van der Waals surface area contributed by atoms with Crippen molar-refractivity contribution in [2.24, 2.45) is 4.99 Å². The Labute approximate surface area is 143 Å². The highest BCUT2D eigenvalue weighted by molar-refractivity contribution is 5.79. The number of nitrogens with one attached hydrogen (secondary N) is 2. The third-order valence-corrected chi connectivity index (χ3v) is 3.55. The lowest BCUT2D eigenvalue weighted by atomic mass is 10.2. The van der Waals surface area contributed by atoms with Crippen LogP contribution >= 0.6 is 0 Å². The number of rotatable bonds is 7. The largest absolute Gasteiger partial charge is 0.497 e. The van der Waals surface area contributed by atoms with Crippen LogP contribution in [-0.2, 0) is 13.1 Å². The molecule has 2 rings (SSSR count). The molecule has 24 heavy (non-hydrogen) atoms. The molecule has 0 amide bonds. The highest BCUT2D eigenvalue weighted by Crippen LogP contribution is 2.24. The Morgan fingerprint density at radius 2 is 1.79 bits per heavy atom. The van der Waals surface area contributed by atoms with E-state index in [-0.39, 0.29) is 0 Å². The summed E-state index contributed by atoms with van der Waals surface area (Å²) in [5, 5.41) is 6.59. The Balaban J connectivity index is 2.03. The van der Waals surface area contributed by atoms with Gasteiger partial charge in [0.2, 0.25) is 0 Å². The molecule has 0 aliphatic rings. The minimum absolute atomic E-state index is 0.619. The van der Waals surface area contributed by atoms with Crippen molar-refractivity contribution in [2.45, 2.75) is 20.0 Å². The summed E-state index contributed by atoms with van der Waals surface area (Å²) in [6, 6.07) is 16.0. The predicted molar refractivity (Wildman–Crippen MR) is 97.6 cm³/mol. The molecule has 0 saturated carbocycles. The van der Waals surface area contributed by atoms with Gasteiger partial charge in [0.1, 0.15) is 11.5 Å². The Morgan fingerprint density at radius 1 is 1.00 bits per heavy atom. The molecule has 5 heteroatoms. The number of benzene rings is 2. The van der Waals surface area contributed by atoms with Crippen LogP contribution in [0.3, 0.4) is 0 Å². The molecule has 0 radical (unpaired) electrons. The smallest absolute Gasteiger partial charge is 0.191 e. The molecule has 128 valence electrons. The third kappa shape index (κ3) is 5.19. The first-order chi connectivity index (χ1) is 11.8. The van der Waals surface area contributed by atoms with Gasteiger partial charge in [0.25, 0.3) is 0 Å². The molecule has 0 heterocycles. The van der Waals surface area contributed by atoms with Crippen molar-refractivity contribution in [1.29, 1.82) is 0 Å². The van der Waals surface area contributed by atoms with Gasteiger partial charge in [-0.25, -0.2) is 4.99 Å². The zero-order valence-electron chi connectivity index (χ0n) is 14.5. The van der Waals surface area contributed by atoms with Crippen LogP contribution in [0.2, 0.25) is 0 Å². The molecule has 0 fully saturated rings. The fourth-order valence-electron chi connectivity index (χ4n) is 2.27. The summed E-state index contributed by atoms with van der Waals surface area (Å²) >= 11 is 0. The number of methoxy groups -OCH3 is 2. The van der Waals surface area contributed by atoms with Gasteiger partial charge in [-0.1, -0.05) is 30.3 Å². The van der Waals surface area contributed by atoms with Crippen molar-refractivity contribution < 1.29 is 9.47 Å². The van der Waals surface area contributed by atoms with E-state index in [9.17, 15) is 0 Å². The highest BCUT2D eigenvalue weighted by Gasteiger charge is 2.06. The second kappa shape index (κ2) is 9.45. The number of nitrogens with zero attached hydrogens (tertiary/aromatic N) is 1. The average Bonchev–Trinajstić information content (AvgIpc) is 2.64. The first-order valence-electron chi connectivity index (χ1n) is 8.03. The van der Waals surface area contributed by atoms with E-state index in [0.717, 1.165) is 29.6 Å². The van der Waals surface area contributed by atoms with E-state index in [1.165, 1.54) is 5.56 Å². The highest BCUT2D eigenvalue weighted by atomic mass is 16.5. The van der Waals surface area contributed by atoms with Crippen molar-refractivity contribution in [2.75, 3.05) is 20.8 Å². The topological polar surface area (TPSA) is 54.9 Å². The van der Waals surface area contributed by atoms with Crippen LogP contribution in [0.15, 0.2) is 53.5 Å². The Kier molecular flexibility index (Phi) is 6.95. The summed E-state index contributed by atoms with van der Waals surface area (Å²) in [7, 11) is 3.30. The summed E-state index contributed by atoms with van der Waals surface area (Å²) in [4.78, 5) is 4.62. The van der Waals surface area contributed by atoms with Crippen LogP contribution in [-0.4, -0.2) is 26.7 Å². The van der Waals surface area contributed by atoms with Crippen molar-refractivity contribution in [3.63, 3.8) is 0 Å². The van der Waals surface area contributed by atoms with Gasteiger partial charge in [-0.3, -0.25) is 0 Å². The maximum Gasteiger partial charge on any atom is 0.191 e. The van der Waals surface area contributed by atoms with Crippen LogP contribution < -0.4 is 20.1 Å². The lowest BCUT2D eigenvalue weighted by Crippen LogP contribution is -2.36. The lowest BCUT2D eigenvalue weighted by Gasteiger charge is -2.14. The molecular formula is C19H25N3O2. The van der Waals surface area contributed by atoms with Crippen molar-refractivity contribution in [3.05, 3.63) is 59.7 Å². The summed E-state index contributed by atoms with van der Waals surface area (Å²) in [5.74, 6) is 2.35. The fourth-order valence-corrected chi connectivity index (χ4v) is 2.27. The molecule has 0 aliphatic carbocycles. The number of aliphatic imine (C=N–C) groups is 1. The zero-order chi connectivity index (χ0) is 17.2. The van der Waals surface area contributed by atoms with Gasteiger partial charge < -0.3 is 20.1 Å². The van der Waals surface area contributed by atoms with Crippen LogP contribution in [0.4, 0.5) is 0 Å². The molecule has 0 saturated heterocycles. The molecule has 0 atom stereocenters. The van der Waals surface area contributed by atoms with E-state index in [4.69, 9.17) is 9.47 Å². The van der Waals surface area contributed by atoms with Gasteiger partial charge in [-0.15, -0.1) is 0 Å².